The number of hydrogen-bond acceptors (Lipinski definition) is 2. The van der Waals surface area contributed by atoms with Crippen LogP contribution in [0.15, 0.2) is 72.8 Å². The van der Waals surface area contributed by atoms with Crippen LogP contribution < -0.4 is 0 Å². The summed E-state index contributed by atoms with van der Waals surface area (Å²) in [4.78, 5) is 0. The van der Waals surface area contributed by atoms with E-state index < -0.39 is 0 Å². The minimum atomic E-state index is -0.184. The lowest BCUT2D eigenvalue weighted by Crippen LogP contribution is -2.12. The van der Waals surface area contributed by atoms with Crippen LogP contribution in [-0.4, -0.2) is 7.12 Å². The fourth-order valence-electron chi connectivity index (χ4n) is 2.65. The minimum Gasteiger partial charge on any atom is -0.401 e. The summed E-state index contributed by atoms with van der Waals surface area (Å²) < 4.78 is 12.3. The van der Waals surface area contributed by atoms with Crippen LogP contribution >= 0.6 is 0 Å². The van der Waals surface area contributed by atoms with Crippen molar-refractivity contribution in [3.05, 3.63) is 83.9 Å². The zero-order valence-corrected chi connectivity index (χ0v) is 12.2. The van der Waals surface area contributed by atoms with Crippen LogP contribution in [0.4, 0.5) is 0 Å². The zero-order valence-electron chi connectivity index (χ0n) is 12.2. The van der Waals surface area contributed by atoms with Crippen LogP contribution in [0.1, 0.15) is 30.3 Å². The summed E-state index contributed by atoms with van der Waals surface area (Å²) in [7, 11) is -0.184. The van der Waals surface area contributed by atoms with Crippen LogP contribution in [0.25, 0.3) is 0 Å². The van der Waals surface area contributed by atoms with Gasteiger partial charge >= 0.3 is 7.12 Å². The Hall–Kier alpha value is -1.84. The van der Waals surface area contributed by atoms with Crippen molar-refractivity contribution in [1.29, 1.82) is 0 Å². The highest BCUT2D eigenvalue weighted by molar-refractivity contribution is 6.45. The van der Waals surface area contributed by atoms with Crippen molar-refractivity contribution in [3.63, 3.8) is 0 Å². The van der Waals surface area contributed by atoms with E-state index in [1.807, 2.05) is 49.4 Å². The van der Waals surface area contributed by atoms with Gasteiger partial charge in [0.05, 0.1) is 12.2 Å². The van der Waals surface area contributed by atoms with Crippen molar-refractivity contribution in [2.24, 2.45) is 0 Å². The molecule has 0 radical (unpaired) electrons. The molecule has 0 amide bonds. The molecule has 2 nitrogen and oxygen atoms in total. The van der Waals surface area contributed by atoms with E-state index in [1.165, 1.54) is 0 Å². The number of hydrogen-bond donors (Lipinski definition) is 0. The Morgan fingerprint density at radius 3 is 1.76 bits per heavy atom. The molecular weight excluding hydrogens is 259 g/mol. The van der Waals surface area contributed by atoms with Gasteiger partial charge in [-0.1, -0.05) is 72.8 Å². The van der Waals surface area contributed by atoms with Crippen LogP contribution in [0.5, 0.6) is 0 Å². The Labute approximate surface area is 126 Å². The normalized spacial score (nSPS) is 22.0. The molecule has 0 aromatic heterocycles. The van der Waals surface area contributed by atoms with Gasteiger partial charge < -0.3 is 9.31 Å². The Bertz CT molecular complexity index is 535. The van der Waals surface area contributed by atoms with Gasteiger partial charge in [-0.2, -0.15) is 0 Å². The second-order valence-corrected chi connectivity index (χ2v) is 5.17. The molecular formula is C18H19BO2. The molecule has 2 aromatic carbocycles. The fourth-order valence-corrected chi connectivity index (χ4v) is 2.65. The molecule has 2 aromatic rings. The number of benzene rings is 2. The number of rotatable bonds is 4. The average molecular weight is 278 g/mol. The summed E-state index contributed by atoms with van der Waals surface area (Å²) in [6.45, 7) is 2.01. The maximum absolute atomic E-state index is 6.14. The second kappa shape index (κ2) is 6.75. The average Bonchev–Trinajstić information content (AvgIpc) is 2.99. The van der Waals surface area contributed by atoms with Gasteiger partial charge in [0.2, 0.25) is 0 Å². The van der Waals surface area contributed by atoms with Gasteiger partial charge in [0.1, 0.15) is 0 Å². The van der Waals surface area contributed by atoms with E-state index >= 15 is 0 Å². The molecule has 1 heterocycles. The monoisotopic (exact) mass is 278 g/mol. The molecule has 21 heavy (non-hydrogen) atoms. The zero-order chi connectivity index (χ0) is 14.5. The van der Waals surface area contributed by atoms with E-state index in [1.54, 1.807) is 0 Å². The molecule has 0 N–H and O–H groups in total. The van der Waals surface area contributed by atoms with E-state index in [0.29, 0.717) is 0 Å². The molecule has 0 spiro atoms. The largest absolute Gasteiger partial charge is 0.461 e. The summed E-state index contributed by atoms with van der Waals surface area (Å²) in [5.74, 6) is 0. The predicted molar refractivity (Wildman–Crippen MR) is 85.9 cm³/mol. The second-order valence-electron chi connectivity index (χ2n) is 5.17. The van der Waals surface area contributed by atoms with Gasteiger partial charge in [0, 0.05) is 6.32 Å². The highest BCUT2D eigenvalue weighted by Gasteiger charge is 2.40. The van der Waals surface area contributed by atoms with Crippen molar-refractivity contribution in [2.75, 3.05) is 0 Å². The Kier molecular flexibility index (Phi) is 4.54. The summed E-state index contributed by atoms with van der Waals surface area (Å²) in [5.41, 5.74) is 2.32. The van der Waals surface area contributed by atoms with Gasteiger partial charge in [-0.3, -0.25) is 0 Å². The van der Waals surface area contributed by atoms with Crippen molar-refractivity contribution in [3.8, 4) is 0 Å². The molecule has 0 aliphatic carbocycles. The van der Waals surface area contributed by atoms with Crippen molar-refractivity contribution in [2.45, 2.75) is 25.5 Å². The van der Waals surface area contributed by atoms with Crippen LogP contribution in [-0.2, 0) is 9.31 Å². The first-order valence-electron chi connectivity index (χ1n) is 7.40. The highest BCUT2D eigenvalue weighted by Crippen LogP contribution is 2.42. The van der Waals surface area contributed by atoms with Crippen LogP contribution in [0.2, 0.25) is 6.32 Å². The molecule has 1 aliphatic heterocycles. The van der Waals surface area contributed by atoms with Crippen LogP contribution in [0, 0.1) is 0 Å². The molecule has 1 fully saturated rings. The summed E-state index contributed by atoms with van der Waals surface area (Å²) in [5, 5.41) is 0. The van der Waals surface area contributed by atoms with E-state index in [4.69, 9.17) is 9.31 Å². The van der Waals surface area contributed by atoms with E-state index in [2.05, 4.69) is 30.3 Å². The Balaban J connectivity index is 1.87. The summed E-state index contributed by atoms with van der Waals surface area (Å²) in [6, 6.07) is 20.6. The lowest BCUT2D eigenvalue weighted by Gasteiger charge is -2.19. The van der Waals surface area contributed by atoms with Crippen LogP contribution in [0.3, 0.4) is 0 Å². The van der Waals surface area contributed by atoms with Gasteiger partial charge in [0.25, 0.3) is 0 Å². The first-order chi connectivity index (χ1) is 10.4. The van der Waals surface area contributed by atoms with Crippen molar-refractivity contribution < 1.29 is 9.31 Å². The molecule has 0 saturated carbocycles. The summed E-state index contributed by atoms with van der Waals surface area (Å²) in [6.07, 6.45) is 4.79. The maximum Gasteiger partial charge on any atom is 0.461 e. The van der Waals surface area contributed by atoms with Gasteiger partial charge in [-0.05, 0) is 18.1 Å². The molecule has 1 saturated heterocycles. The Morgan fingerprint density at radius 1 is 0.857 bits per heavy atom. The molecule has 0 unspecified atom stereocenters. The molecule has 2 atom stereocenters. The first kappa shape index (κ1) is 14.1. The van der Waals surface area contributed by atoms with Gasteiger partial charge in [-0.25, -0.2) is 0 Å². The van der Waals surface area contributed by atoms with E-state index in [9.17, 15) is 0 Å². The summed E-state index contributed by atoms with van der Waals surface area (Å²) >= 11 is 0. The topological polar surface area (TPSA) is 18.5 Å². The highest BCUT2D eigenvalue weighted by atomic mass is 16.7. The minimum absolute atomic E-state index is 0.0520. The van der Waals surface area contributed by atoms with Crippen molar-refractivity contribution >= 4 is 7.12 Å². The third-order valence-electron chi connectivity index (χ3n) is 3.69. The third-order valence-corrected chi connectivity index (χ3v) is 3.69. The van der Waals surface area contributed by atoms with E-state index in [-0.39, 0.29) is 19.3 Å². The third kappa shape index (κ3) is 3.26. The standard InChI is InChI=1S/C18H19BO2/c1-2-3-14-19-20-17(15-10-6-4-7-11-15)18(21-19)16-12-8-5-9-13-16/h2-13,17-18H,14H2,1H3/t17-,18-/m1/s1. The molecule has 106 valence electrons. The Morgan fingerprint density at radius 2 is 1.33 bits per heavy atom. The first-order valence-corrected chi connectivity index (χ1v) is 7.40. The maximum atomic E-state index is 6.14. The SMILES string of the molecule is CC=CCB1O[C@H](c2ccccc2)[C@@H](c2ccccc2)O1. The molecule has 3 heteroatoms. The predicted octanol–water partition coefficient (Wildman–Crippen LogP) is 4.58. The molecule has 3 rings (SSSR count). The van der Waals surface area contributed by atoms with Crippen molar-refractivity contribution in [1.82, 2.24) is 0 Å². The number of allylic oxidation sites excluding steroid dienone is 2. The lowest BCUT2D eigenvalue weighted by atomic mass is 9.85. The molecule has 0 bridgehead atoms. The van der Waals surface area contributed by atoms with E-state index in [0.717, 1.165) is 17.4 Å². The molecule has 1 aliphatic rings. The quantitative estimate of drug-likeness (QED) is 0.602. The van der Waals surface area contributed by atoms with Gasteiger partial charge in [0.15, 0.2) is 0 Å². The lowest BCUT2D eigenvalue weighted by molar-refractivity contribution is 0.159. The fraction of sp³-hybridized carbons (Fsp3) is 0.222. The smallest absolute Gasteiger partial charge is 0.401 e. The van der Waals surface area contributed by atoms with Gasteiger partial charge in [-0.15, -0.1) is 0 Å².